The van der Waals surface area contributed by atoms with Gasteiger partial charge in [-0.05, 0) is 253 Å². The molecule has 5 amide bonds. The SMILES string of the molecule is C#Cc1ccc(OC(=O)Nc2cc(C(=O)O)cc(C(=O)O)c2)cc1.C#Cc1ccc(OC(=O)Nc2cc(C(=O)OC)cc(C(=O)OC)c2)cc1.C#Cc1ccc(OC(=O)Nc2cc(C(=O)[O-])cc(C(=O)[O-])c2)cc1.C#Cc1cccc(C(=O)c2cc(C(=O)O)cc(C(=O)O)c2)c1.C#Cc1cccc(OC(=O)Nc2cc(C(=O)OC)cc(C(=O)OC)c2)c1.C#Cc1cccc(OC(=O)Nc2cc(C(=O)[O-])cc(C(=O)[O-])c2)c1.[Na+].[Na+].[Na+].[Na+]. The van der Waals surface area contributed by atoms with Crippen molar-refractivity contribution in [1.29, 1.82) is 0 Å². The van der Waals surface area contributed by atoms with E-state index in [1.807, 2.05) is 0 Å². The second kappa shape index (κ2) is 62.4. The quantitative estimate of drug-likeness (QED) is 0.0112. The van der Waals surface area contributed by atoms with E-state index in [9.17, 15) is 107 Å². The number of amides is 5. The third-order valence-electron chi connectivity index (χ3n) is 18.1. The average Bonchev–Trinajstić information content (AvgIpc) is 0.792. The predicted molar refractivity (Wildman–Crippen MR) is 507 cm³/mol. The van der Waals surface area contributed by atoms with Gasteiger partial charge in [-0.25, -0.2) is 62.3 Å². The van der Waals surface area contributed by atoms with Crippen LogP contribution >= 0.6 is 0 Å². The van der Waals surface area contributed by atoms with Crippen LogP contribution < -0.4 is 189 Å². The Morgan fingerprint density at radius 1 is 0.220 bits per heavy atom. The Morgan fingerprint density at radius 3 is 0.640 bits per heavy atom. The number of carbonyl (C=O) groups is 18. The average molecular weight is 2060 g/mol. The van der Waals surface area contributed by atoms with Crippen LogP contribution in [-0.2, 0) is 18.9 Å². The molecular formula is C106H69N5Na4O35. The first-order valence-electron chi connectivity index (χ1n) is 40.4. The van der Waals surface area contributed by atoms with Crippen LogP contribution in [0.25, 0.3) is 0 Å². The van der Waals surface area contributed by atoms with Crippen LogP contribution in [-0.4, -0.2) is 157 Å². The maximum Gasteiger partial charge on any atom is 1.00 e. The number of nitrogens with one attached hydrogen (secondary N) is 5. The molecule has 12 aromatic carbocycles. The van der Waals surface area contributed by atoms with Crippen LogP contribution in [0.3, 0.4) is 0 Å². The van der Waals surface area contributed by atoms with Crippen LogP contribution in [0.15, 0.2) is 255 Å². The zero-order chi connectivity index (χ0) is 108. The number of hydrogen-bond acceptors (Lipinski definition) is 31. The van der Waals surface area contributed by atoms with Crippen molar-refractivity contribution in [2.45, 2.75) is 0 Å². The molecule has 0 atom stereocenters. The van der Waals surface area contributed by atoms with E-state index in [1.165, 1.54) is 119 Å². The van der Waals surface area contributed by atoms with Gasteiger partial charge in [-0.15, -0.1) is 38.5 Å². The zero-order valence-corrected chi connectivity index (χ0v) is 87.7. The summed E-state index contributed by atoms with van der Waals surface area (Å²) in [5.74, 6) is 0.726. The summed E-state index contributed by atoms with van der Waals surface area (Å²) in [5, 5.41) is 91.1. The number of ketones is 1. The van der Waals surface area contributed by atoms with Gasteiger partial charge >= 0.3 is 196 Å². The number of benzene rings is 12. The number of anilines is 5. The Hall–Kier alpha value is -18.3. The molecule has 0 aromatic heterocycles. The van der Waals surface area contributed by atoms with Gasteiger partial charge in [0.05, 0.1) is 96.8 Å². The number of carboxylic acid groups (broad SMARTS) is 8. The fourth-order valence-electron chi connectivity index (χ4n) is 11.5. The fraction of sp³-hybridized carbons (Fsp3) is 0.0377. The van der Waals surface area contributed by atoms with Crippen molar-refractivity contribution < 1.29 is 288 Å². The van der Waals surface area contributed by atoms with Crippen molar-refractivity contribution in [3.63, 3.8) is 0 Å². The minimum absolute atomic E-state index is 0. The van der Waals surface area contributed by atoms with Gasteiger partial charge in [0.15, 0.2) is 5.78 Å². The number of rotatable bonds is 24. The smallest absolute Gasteiger partial charge is 0.545 e. The molecule has 44 heteroatoms. The maximum absolute atomic E-state index is 12.4. The van der Waals surface area contributed by atoms with Gasteiger partial charge < -0.3 is 103 Å². The van der Waals surface area contributed by atoms with Gasteiger partial charge in [0.2, 0.25) is 0 Å². The summed E-state index contributed by atoms with van der Waals surface area (Å²) >= 11 is 0. The molecule has 0 saturated carbocycles. The van der Waals surface area contributed by atoms with Gasteiger partial charge in [-0.1, -0.05) is 59.8 Å². The van der Waals surface area contributed by atoms with Crippen molar-refractivity contribution in [1.82, 2.24) is 0 Å². The topological polar surface area (TPSA) is 624 Å². The first-order chi connectivity index (χ1) is 69.5. The number of terminal acetylenes is 6. The van der Waals surface area contributed by atoms with Crippen LogP contribution in [0.2, 0.25) is 0 Å². The van der Waals surface area contributed by atoms with Crippen LogP contribution in [0.4, 0.5) is 52.4 Å². The van der Waals surface area contributed by atoms with Crippen molar-refractivity contribution in [2.24, 2.45) is 0 Å². The molecule has 0 heterocycles. The monoisotopic (exact) mass is 2060 g/mol. The second-order valence-corrected chi connectivity index (χ2v) is 28.1. The molecule has 0 radical (unpaired) electrons. The number of hydrogen-bond donors (Lipinski definition) is 9. The van der Waals surface area contributed by atoms with E-state index in [2.05, 4.69) is 81.1 Å². The number of carboxylic acids is 8. The summed E-state index contributed by atoms with van der Waals surface area (Å²) in [6.07, 6.45) is 27.0. The summed E-state index contributed by atoms with van der Waals surface area (Å²) in [6.45, 7) is 0. The van der Waals surface area contributed by atoms with Crippen molar-refractivity contribution in [2.75, 3.05) is 55.0 Å². The molecule has 0 saturated heterocycles. The third-order valence-corrected chi connectivity index (χ3v) is 18.1. The normalized spacial score (nSPS) is 9.37. The van der Waals surface area contributed by atoms with E-state index >= 15 is 0 Å². The van der Waals surface area contributed by atoms with Gasteiger partial charge in [0, 0.05) is 72.9 Å². The first kappa shape index (κ1) is 126. The second-order valence-electron chi connectivity index (χ2n) is 28.1. The first-order valence-corrected chi connectivity index (χ1v) is 40.4. The number of methoxy groups -OCH3 is 4. The van der Waals surface area contributed by atoms with Gasteiger partial charge in [0.1, 0.15) is 28.7 Å². The molecule has 12 rings (SSSR count). The van der Waals surface area contributed by atoms with E-state index in [-0.39, 0.29) is 231 Å². The molecule has 0 bridgehead atoms. The predicted octanol–water partition coefficient (Wildman–Crippen LogP) is -1.30. The summed E-state index contributed by atoms with van der Waals surface area (Å²) in [6, 6.07) is 57.7. The largest absolute Gasteiger partial charge is 1.00 e. The molecular weight excluding hydrogens is 2000 g/mol. The minimum atomic E-state index is -1.60. The standard InChI is InChI=1S/2C19H15NO6.3C17H11NO6.C17H10O5.4Na/c1-4-12-5-7-16(8-6-12)26-19(23)20-15-10-13(17(21)24-2)9-14(11-15)18(22)25-3;1-4-12-6-5-7-16(8-12)26-19(23)20-15-10-13(17(21)24-2)9-14(11-15)18(22)25-3;2*1-2-10-3-5-14(6-4-10)24-17(23)18-13-8-11(15(19)20)7-12(9-13)16(21)22;1-2-10-4-3-5-14(6-10)24-17(23)18-13-8-11(15(19)20)7-12(9-13)16(21)22;1-2-10-4-3-5-11(6-10)15(18)12-7-13(16(19)20)9-14(8-12)17(21)22;;;;/h2*1,5-11H,2-3H3,(H,20,23);3*1,3-9H,(H,18,23)(H,19,20)(H,21,22);1,3-9H,(H,19,20)(H,21,22);;;;/q;;;;;;4*+1/p-4. The third kappa shape index (κ3) is 40.7. The van der Waals surface area contributed by atoms with Gasteiger partial charge in [-0.2, -0.15) is 0 Å². The molecule has 9 N–H and O–H groups in total. The van der Waals surface area contributed by atoms with Gasteiger partial charge in [0.25, 0.3) is 0 Å². The maximum atomic E-state index is 12.4. The van der Waals surface area contributed by atoms with Crippen LogP contribution in [0, 0.1) is 74.1 Å². The van der Waals surface area contributed by atoms with E-state index in [0.717, 1.165) is 72.8 Å². The van der Waals surface area contributed by atoms with E-state index in [4.69, 9.17) is 82.7 Å². The van der Waals surface area contributed by atoms with E-state index in [1.54, 1.807) is 91.0 Å². The molecule has 0 aliphatic heterocycles. The summed E-state index contributed by atoms with van der Waals surface area (Å²) in [5.41, 5.74) is 1.25. The Morgan fingerprint density at radius 2 is 0.413 bits per heavy atom. The molecule has 732 valence electrons. The summed E-state index contributed by atoms with van der Waals surface area (Å²) < 4.78 is 43.8. The molecule has 12 aromatic rings. The molecule has 0 fully saturated rings. The zero-order valence-electron chi connectivity index (χ0n) is 79.7. The Kier molecular flexibility index (Phi) is 52.3. The molecule has 0 aliphatic rings. The molecule has 0 unspecified atom stereocenters. The summed E-state index contributed by atoms with van der Waals surface area (Å²) in [4.78, 5) is 207. The Bertz CT molecular complexity index is 7110. The van der Waals surface area contributed by atoms with Crippen LogP contribution in [0.5, 0.6) is 28.7 Å². The van der Waals surface area contributed by atoms with Gasteiger partial charge in [-0.3, -0.25) is 31.4 Å². The van der Waals surface area contributed by atoms with Crippen LogP contribution in [0.1, 0.15) is 174 Å². The molecule has 0 spiro atoms. The van der Waals surface area contributed by atoms with Crippen molar-refractivity contribution >= 4 is 136 Å². The summed E-state index contributed by atoms with van der Waals surface area (Å²) in [7, 11) is 4.81. The van der Waals surface area contributed by atoms with Crippen molar-refractivity contribution in [3.05, 3.63) is 366 Å². The molecule has 150 heavy (non-hydrogen) atoms. The minimum Gasteiger partial charge on any atom is -0.545 e. The Balaban J connectivity index is 0.000000460. The fourth-order valence-corrected chi connectivity index (χ4v) is 11.5. The van der Waals surface area contributed by atoms with E-state index in [0.29, 0.717) is 33.4 Å². The number of esters is 4. The Labute approximate surface area is 939 Å². The molecule has 0 aliphatic carbocycles. The number of aromatic carboxylic acids is 8. The number of carbonyl (C=O) groups excluding carboxylic acids is 14. The molecule has 40 nitrogen and oxygen atoms in total. The number of ether oxygens (including phenoxy) is 9. The van der Waals surface area contributed by atoms with E-state index < -0.39 is 130 Å². The van der Waals surface area contributed by atoms with Crippen molar-refractivity contribution in [3.8, 4) is 103 Å².